The summed E-state index contributed by atoms with van der Waals surface area (Å²) in [5, 5.41) is 15.3. The van der Waals surface area contributed by atoms with Crippen molar-refractivity contribution < 1.29 is 18.4 Å². The second-order valence-corrected chi connectivity index (χ2v) is 9.76. The number of benzene rings is 1. The summed E-state index contributed by atoms with van der Waals surface area (Å²) in [5.74, 6) is 0.988. The molecule has 36 heavy (non-hydrogen) atoms. The van der Waals surface area contributed by atoms with Crippen molar-refractivity contribution in [2.24, 2.45) is 0 Å². The first-order valence-corrected chi connectivity index (χ1v) is 11.6. The molecule has 0 aliphatic carbocycles. The molecule has 0 saturated carbocycles. The van der Waals surface area contributed by atoms with Gasteiger partial charge in [0.05, 0.1) is 6.26 Å². The number of hydrogen-bond acceptors (Lipinski definition) is 7. The van der Waals surface area contributed by atoms with Crippen LogP contribution in [-0.2, 0) is 16.1 Å². The van der Waals surface area contributed by atoms with E-state index in [1.54, 1.807) is 24.3 Å². The average Bonchev–Trinajstić information content (AvgIpc) is 3.53. The molecule has 4 rings (SSSR count). The predicted octanol–water partition coefficient (Wildman–Crippen LogP) is 4.14. The van der Waals surface area contributed by atoms with Gasteiger partial charge in [-0.2, -0.15) is 4.80 Å². The summed E-state index contributed by atoms with van der Waals surface area (Å²) in [6.07, 6.45) is 1.48. The molecule has 1 aromatic carbocycles. The number of aryl methyl sites for hydroxylation is 3. The fourth-order valence-electron chi connectivity index (χ4n) is 3.91. The van der Waals surface area contributed by atoms with Gasteiger partial charge in [-0.3, -0.25) is 14.5 Å². The number of rotatable bonds is 7. The topological polar surface area (TPSA) is 119 Å². The number of carbonyl (C=O) groups is 2. The second-order valence-electron chi connectivity index (χ2n) is 9.76. The summed E-state index contributed by atoms with van der Waals surface area (Å²) in [7, 11) is 0. The number of nitrogens with one attached hydrogen (secondary N) is 1. The summed E-state index contributed by atoms with van der Waals surface area (Å²) in [6.45, 7) is 11.1. The van der Waals surface area contributed by atoms with Crippen LogP contribution in [0.3, 0.4) is 0 Å². The van der Waals surface area contributed by atoms with Crippen LogP contribution in [0, 0.1) is 20.8 Å². The first-order valence-electron chi connectivity index (χ1n) is 11.6. The highest BCUT2D eigenvalue weighted by Gasteiger charge is 2.37. The molecule has 10 heteroatoms. The zero-order valence-electron chi connectivity index (χ0n) is 21.3. The van der Waals surface area contributed by atoms with Crippen LogP contribution in [0.5, 0.6) is 0 Å². The molecule has 3 heterocycles. The molecule has 10 nitrogen and oxygen atoms in total. The molecule has 0 bridgehead atoms. The maximum Gasteiger partial charge on any atom is 0.251 e. The zero-order valence-corrected chi connectivity index (χ0v) is 21.3. The molecular formula is C26H30N6O4. The Balaban J connectivity index is 1.74. The van der Waals surface area contributed by atoms with Crippen LogP contribution in [0.2, 0.25) is 0 Å². The second kappa shape index (κ2) is 9.80. The van der Waals surface area contributed by atoms with Crippen molar-refractivity contribution in [2.45, 2.75) is 59.7 Å². The van der Waals surface area contributed by atoms with Gasteiger partial charge < -0.3 is 14.2 Å². The van der Waals surface area contributed by atoms with Crippen LogP contribution in [0.1, 0.15) is 49.5 Å². The fraction of sp³-hybridized carbons (Fsp3) is 0.346. The maximum atomic E-state index is 13.9. The molecule has 0 unspecified atom stereocenters. The standard InChI is InChI=1S/C26H30N6O4/c1-16-9-11-19(17(2)14-16)32(23(20-8-7-13-35-20)25(34)27-26(4,5)6)22(33)15-31-29-24(28-30-31)21-12-10-18(3)36-21/h7-14,23H,15H2,1-6H3,(H,27,34)/t23-/m0/s1. The number of nitrogens with zero attached hydrogens (tertiary/aromatic N) is 5. The lowest BCUT2D eigenvalue weighted by Crippen LogP contribution is -2.50. The van der Waals surface area contributed by atoms with E-state index in [1.165, 1.54) is 16.0 Å². The number of carbonyl (C=O) groups excluding carboxylic acids is 2. The highest BCUT2D eigenvalue weighted by molar-refractivity contribution is 6.01. The third kappa shape index (κ3) is 5.54. The van der Waals surface area contributed by atoms with E-state index in [9.17, 15) is 9.59 Å². The van der Waals surface area contributed by atoms with Crippen molar-refractivity contribution in [3.63, 3.8) is 0 Å². The zero-order chi connectivity index (χ0) is 26.0. The van der Waals surface area contributed by atoms with E-state index in [0.29, 0.717) is 23.0 Å². The van der Waals surface area contributed by atoms with Gasteiger partial charge >= 0.3 is 0 Å². The van der Waals surface area contributed by atoms with Crippen LogP contribution >= 0.6 is 0 Å². The van der Waals surface area contributed by atoms with Gasteiger partial charge in [0.15, 0.2) is 11.8 Å². The lowest BCUT2D eigenvalue weighted by molar-refractivity contribution is -0.128. The van der Waals surface area contributed by atoms with E-state index in [-0.39, 0.29) is 18.3 Å². The Labute approximate surface area is 209 Å². The summed E-state index contributed by atoms with van der Waals surface area (Å²) in [5.41, 5.74) is 1.93. The largest absolute Gasteiger partial charge is 0.467 e. The van der Waals surface area contributed by atoms with Crippen LogP contribution in [-0.4, -0.2) is 37.6 Å². The van der Waals surface area contributed by atoms with Gasteiger partial charge in [-0.15, -0.1) is 10.2 Å². The van der Waals surface area contributed by atoms with Gasteiger partial charge in [-0.25, -0.2) is 0 Å². The Morgan fingerprint density at radius 3 is 2.50 bits per heavy atom. The average molecular weight is 491 g/mol. The van der Waals surface area contributed by atoms with E-state index in [2.05, 4.69) is 20.7 Å². The minimum absolute atomic E-state index is 0.250. The molecule has 1 N–H and O–H groups in total. The summed E-state index contributed by atoms with van der Waals surface area (Å²) >= 11 is 0. The van der Waals surface area contributed by atoms with Crippen molar-refractivity contribution >= 4 is 17.5 Å². The van der Waals surface area contributed by atoms with Gasteiger partial charge in [0, 0.05) is 11.2 Å². The molecule has 0 aliphatic rings. The third-order valence-corrected chi connectivity index (χ3v) is 5.39. The molecule has 0 aliphatic heterocycles. The number of anilines is 1. The Morgan fingerprint density at radius 2 is 1.89 bits per heavy atom. The smallest absolute Gasteiger partial charge is 0.251 e. The normalized spacial score (nSPS) is 12.4. The van der Waals surface area contributed by atoms with Gasteiger partial charge in [-0.1, -0.05) is 17.7 Å². The van der Waals surface area contributed by atoms with Crippen molar-refractivity contribution in [1.29, 1.82) is 0 Å². The first kappa shape index (κ1) is 24.9. The van der Waals surface area contributed by atoms with E-state index in [1.807, 2.05) is 59.7 Å². The SMILES string of the molecule is Cc1ccc(N(C(=O)Cn2nnc(-c3ccc(C)o3)n2)[C@H](C(=O)NC(C)(C)C)c2ccco2)c(C)c1. The molecule has 3 aromatic heterocycles. The Morgan fingerprint density at radius 1 is 1.11 bits per heavy atom. The predicted molar refractivity (Wildman–Crippen MR) is 133 cm³/mol. The van der Waals surface area contributed by atoms with Gasteiger partial charge in [-0.05, 0) is 82.7 Å². The molecule has 1 atom stereocenters. The van der Waals surface area contributed by atoms with Gasteiger partial charge in [0.1, 0.15) is 18.1 Å². The van der Waals surface area contributed by atoms with Crippen LogP contribution in [0.25, 0.3) is 11.6 Å². The number of hydrogen-bond donors (Lipinski definition) is 1. The summed E-state index contributed by atoms with van der Waals surface area (Å²) in [6, 6.07) is 11.5. The Bertz CT molecular complexity index is 1360. The van der Waals surface area contributed by atoms with Gasteiger partial charge in [0.25, 0.3) is 11.8 Å². The lowest BCUT2D eigenvalue weighted by atomic mass is 10.0. The Kier molecular flexibility index (Phi) is 6.78. The number of tetrazole rings is 1. The van der Waals surface area contributed by atoms with Crippen LogP contribution in [0.15, 0.2) is 57.6 Å². The van der Waals surface area contributed by atoms with Crippen LogP contribution < -0.4 is 10.2 Å². The molecule has 0 spiro atoms. The molecular weight excluding hydrogens is 460 g/mol. The first-order chi connectivity index (χ1) is 17.0. The van der Waals surface area contributed by atoms with Crippen molar-refractivity contribution in [1.82, 2.24) is 25.5 Å². The lowest BCUT2D eigenvalue weighted by Gasteiger charge is -2.33. The molecule has 0 radical (unpaired) electrons. The molecule has 188 valence electrons. The minimum Gasteiger partial charge on any atom is -0.467 e. The molecule has 0 saturated heterocycles. The van der Waals surface area contributed by atoms with E-state index >= 15 is 0 Å². The Hall–Kier alpha value is -4.21. The van der Waals surface area contributed by atoms with Crippen molar-refractivity contribution in [3.05, 3.63) is 71.4 Å². The highest BCUT2D eigenvalue weighted by atomic mass is 16.3. The molecule has 0 fully saturated rings. The monoisotopic (exact) mass is 490 g/mol. The maximum absolute atomic E-state index is 13.9. The van der Waals surface area contributed by atoms with Gasteiger partial charge in [0.2, 0.25) is 5.82 Å². The van der Waals surface area contributed by atoms with Crippen LogP contribution in [0.4, 0.5) is 5.69 Å². The number of amides is 2. The van der Waals surface area contributed by atoms with E-state index < -0.39 is 17.5 Å². The van der Waals surface area contributed by atoms with Crippen molar-refractivity contribution in [2.75, 3.05) is 4.90 Å². The number of aromatic nitrogens is 4. The fourth-order valence-corrected chi connectivity index (χ4v) is 3.91. The number of furan rings is 2. The highest BCUT2D eigenvalue weighted by Crippen LogP contribution is 2.32. The van der Waals surface area contributed by atoms with E-state index in [0.717, 1.165) is 11.1 Å². The third-order valence-electron chi connectivity index (χ3n) is 5.39. The summed E-state index contributed by atoms with van der Waals surface area (Å²) < 4.78 is 11.2. The minimum atomic E-state index is -1.05. The quantitative estimate of drug-likeness (QED) is 0.413. The molecule has 4 aromatic rings. The van der Waals surface area contributed by atoms with E-state index in [4.69, 9.17) is 8.83 Å². The molecule has 2 amide bonds. The van der Waals surface area contributed by atoms with Crippen molar-refractivity contribution in [3.8, 4) is 11.6 Å². The summed E-state index contributed by atoms with van der Waals surface area (Å²) in [4.78, 5) is 30.1.